The summed E-state index contributed by atoms with van der Waals surface area (Å²) in [6.07, 6.45) is 6.94. The molecule has 96 valence electrons. The van der Waals surface area contributed by atoms with Gasteiger partial charge in [-0.15, -0.1) is 0 Å². The van der Waals surface area contributed by atoms with Crippen molar-refractivity contribution in [2.45, 2.75) is 53.4 Å². The molecular weight excluding hydrogens is 210 g/mol. The second-order valence-electron chi connectivity index (χ2n) is 4.74. The van der Waals surface area contributed by atoms with Gasteiger partial charge in [0, 0.05) is 12.7 Å². The summed E-state index contributed by atoms with van der Waals surface area (Å²) in [6.45, 7) is 9.50. The Morgan fingerprint density at radius 1 is 1.29 bits per heavy atom. The SMILES string of the molecule is CCCCC(CC)CNc1nc(C)cnc1C. The van der Waals surface area contributed by atoms with Gasteiger partial charge in [-0.25, -0.2) is 4.98 Å². The predicted octanol–water partition coefficient (Wildman–Crippen LogP) is 3.72. The second-order valence-corrected chi connectivity index (χ2v) is 4.74. The van der Waals surface area contributed by atoms with Crippen molar-refractivity contribution in [3.05, 3.63) is 17.6 Å². The van der Waals surface area contributed by atoms with Crippen LogP contribution in [0.1, 0.15) is 50.9 Å². The fourth-order valence-corrected chi connectivity index (χ4v) is 1.89. The van der Waals surface area contributed by atoms with Crippen molar-refractivity contribution >= 4 is 5.82 Å². The van der Waals surface area contributed by atoms with E-state index in [1.807, 2.05) is 20.0 Å². The van der Waals surface area contributed by atoms with Crippen molar-refractivity contribution in [1.29, 1.82) is 0 Å². The van der Waals surface area contributed by atoms with Gasteiger partial charge in [-0.1, -0.05) is 33.1 Å². The molecule has 1 heterocycles. The fraction of sp³-hybridized carbons (Fsp3) is 0.714. The zero-order valence-corrected chi connectivity index (χ0v) is 11.6. The van der Waals surface area contributed by atoms with Gasteiger partial charge >= 0.3 is 0 Å². The average Bonchev–Trinajstić information content (AvgIpc) is 2.33. The first-order valence-corrected chi connectivity index (χ1v) is 6.71. The number of anilines is 1. The van der Waals surface area contributed by atoms with Gasteiger partial charge in [-0.05, 0) is 26.2 Å². The van der Waals surface area contributed by atoms with Crippen molar-refractivity contribution in [3.8, 4) is 0 Å². The number of rotatable bonds is 7. The quantitative estimate of drug-likeness (QED) is 0.782. The first-order chi connectivity index (χ1) is 8.17. The molecule has 1 atom stereocenters. The molecule has 3 nitrogen and oxygen atoms in total. The van der Waals surface area contributed by atoms with E-state index in [0.29, 0.717) is 0 Å². The fourth-order valence-electron chi connectivity index (χ4n) is 1.89. The van der Waals surface area contributed by atoms with Crippen LogP contribution in [0.25, 0.3) is 0 Å². The van der Waals surface area contributed by atoms with E-state index in [-0.39, 0.29) is 0 Å². The van der Waals surface area contributed by atoms with Crippen molar-refractivity contribution in [2.75, 3.05) is 11.9 Å². The summed E-state index contributed by atoms with van der Waals surface area (Å²) in [5.41, 5.74) is 1.96. The van der Waals surface area contributed by atoms with E-state index in [9.17, 15) is 0 Å². The Morgan fingerprint density at radius 3 is 2.71 bits per heavy atom. The molecule has 17 heavy (non-hydrogen) atoms. The number of nitrogens with one attached hydrogen (secondary N) is 1. The highest BCUT2D eigenvalue weighted by molar-refractivity contribution is 5.39. The molecule has 1 aromatic rings. The Hall–Kier alpha value is -1.12. The Morgan fingerprint density at radius 2 is 2.06 bits per heavy atom. The van der Waals surface area contributed by atoms with Crippen LogP contribution >= 0.6 is 0 Å². The van der Waals surface area contributed by atoms with Crippen LogP contribution in [0.5, 0.6) is 0 Å². The predicted molar refractivity (Wildman–Crippen MR) is 73.3 cm³/mol. The van der Waals surface area contributed by atoms with E-state index in [1.165, 1.54) is 25.7 Å². The molecule has 3 heteroatoms. The van der Waals surface area contributed by atoms with Crippen LogP contribution in [0.3, 0.4) is 0 Å². The van der Waals surface area contributed by atoms with Crippen molar-refractivity contribution in [2.24, 2.45) is 5.92 Å². The molecule has 0 saturated carbocycles. The highest BCUT2D eigenvalue weighted by Gasteiger charge is 2.07. The molecule has 0 aliphatic carbocycles. The number of unbranched alkanes of at least 4 members (excludes halogenated alkanes) is 1. The summed E-state index contributed by atoms with van der Waals surface area (Å²) in [7, 11) is 0. The number of nitrogens with zero attached hydrogens (tertiary/aromatic N) is 2. The molecule has 0 aromatic carbocycles. The monoisotopic (exact) mass is 235 g/mol. The van der Waals surface area contributed by atoms with Crippen molar-refractivity contribution < 1.29 is 0 Å². The number of hydrogen-bond acceptors (Lipinski definition) is 3. The summed E-state index contributed by atoms with van der Waals surface area (Å²) < 4.78 is 0. The second kappa shape index (κ2) is 7.25. The summed E-state index contributed by atoms with van der Waals surface area (Å²) in [6, 6.07) is 0. The summed E-state index contributed by atoms with van der Waals surface area (Å²) >= 11 is 0. The van der Waals surface area contributed by atoms with Crippen LogP contribution in [-0.4, -0.2) is 16.5 Å². The Bertz CT molecular complexity index is 336. The highest BCUT2D eigenvalue weighted by Crippen LogP contribution is 2.15. The largest absolute Gasteiger partial charge is 0.368 e. The van der Waals surface area contributed by atoms with E-state index in [1.54, 1.807) is 0 Å². The maximum absolute atomic E-state index is 4.49. The standard InChI is InChI=1S/C14H25N3/c1-5-7-8-13(6-2)10-16-14-12(4)15-9-11(3)17-14/h9,13H,5-8,10H2,1-4H3,(H,16,17). The lowest BCUT2D eigenvalue weighted by Crippen LogP contribution is -2.15. The van der Waals surface area contributed by atoms with Gasteiger partial charge in [-0.3, -0.25) is 4.98 Å². The molecule has 1 N–H and O–H groups in total. The normalized spacial score (nSPS) is 12.5. The van der Waals surface area contributed by atoms with Crippen LogP contribution < -0.4 is 5.32 Å². The van der Waals surface area contributed by atoms with Crippen LogP contribution in [0.15, 0.2) is 6.20 Å². The van der Waals surface area contributed by atoms with Crippen LogP contribution in [0.2, 0.25) is 0 Å². The van der Waals surface area contributed by atoms with Crippen LogP contribution in [-0.2, 0) is 0 Å². The molecule has 0 bridgehead atoms. The molecule has 0 spiro atoms. The van der Waals surface area contributed by atoms with Gasteiger partial charge in [0.25, 0.3) is 0 Å². The lowest BCUT2D eigenvalue weighted by molar-refractivity contribution is 0.472. The molecule has 1 aromatic heterocycles. The van der Waals surface area contributed by atoms with Crippen molar-refractivity contribution in [1.82, 2.24) is 9.97 Å². The zero-order chi connectivity index (χ0) is 12.7. The third-order valence-electron chi connectivity index (χ3n) is 3.18. The zero-order valence-electron chi connectivity index (χ0n) is 11.6. The molecule has 0 aliphatic heterocycles. The molecule has 0 amide bonds. The first kappa shape index (κ1) is 13.9. The first-order valence-electron chi connectivity index (χ1n) is 6.71. The Balaban J connectivity index is 2.50. The van der Waals surface area contributed by atoms with E-state index in [2.05, 4.69) is 29.1 Å². The molecule has 0 aliphatic rings. The highest BCUT2D eigenvalue weighted by atomic mass is 15.0. The maximum Gasteiger partial charge on any atom is 0.147 e. The van der Waals surface area contributed by atoms with Gasteiger partial charge < -0.3 is 5.32 Å². The van der Waals surface area contributed by atoms with Gasteiger partial charge in [0.15, 0.2) is 0 Å². The van der Waals surface area contributed by atoms with E-state index in [0.717, 1.165) is 29.7 Å². The van der Waals surface area contributed by atoms with Gasteiger partial charge in [-0.2, -0.15) is 0 Å². The van der Waals surface area contributed by atoms with Crippen LogP contribution in [0, 0.1) is 19.8 Å². The number of aromatic nitrogens is 2. The minimum atomic E-state index is 0.747. The van der Waals surface area contributed by atoms with Crippen molar-refractivity contribution in [3.63, 3.8) is 0 Å². The maximum atomic E-state index is 4.49. The smallest absolute Gasteiger partial charge is 0.147 e. The molecule has 1 rings (SSSR count). The third-order valence-corrected chi connectivity index (χ3v) is 3.18. The summed E-state index contributed by atoms with van der Waals surface area (Å²) in [5.74, 6) is 1.69. The molecule has 0 radical (unpaired) electrons. The summed E-state index contributed by atoms with van der Waals surface area (Å²) in [4.78, 5) is 8.81. The minimum absolute atomic E-state index is 0.747. The van der Waals surface area contributed by atoms with E-state index >= 15 is 0 Å². The van der Waals surface area contributed by atoms with Gasteiger partial charge in [0.1, 0.15) is 5.82 Å². The minimum Gasteiger partial charge on any atom is -0.368 e. The molecule has 1 unspecified atom stereocenters. The van der Waals surface area contributed by atoms with Crippen LogP contribution in [0.4, 0.5) is 5.82 Å². The number of aryl methyl sites for hydroxylation is 2. The van der Waals surface area contributed by atoms with E-state index < -0.39 is 0 Å². The lowest BCUT2D eigenvalue weighted by Gasteiger charge is -2.16. The average molecular weight is 235 g/mol. The molecule has 0 saturated heterocycles. The Labute approximate surface area is 105 Å². The number of hydrogen-bond donors (Lipinski definition) is 1. The van der Waals surface area contributed by atoms with Gasteiger partial charge in [0.2, 0.25) is 0 Å². The third kappa shape index (κ3) is 4.72. The Kier molecular flexibility index (Phi) is 5.95. The summed E-state index contributed by atoms with van der Waals surface area (Å²) in [5, 5.41) is 3.44. The van der Waals surface area contributed by atoms with E-state index in [4.69, 9.17) is 0 Å². The lowest BCUT2D eigenvalue weighted by atomic mass is 9.99. The molecular formula is C14H25N3. The molecule has 0 fully saturated rings. The van der Waals surface area contributed by atoms with Gasteiger partial charge in [0.05, 0.1) is 11.4 Å². The topological polar surface area (TPSA) is 37.8 Å².